The molecule has 3 aromatic rings. The zero-order valence-electron chi connectivity index (χ0n) is 14.5. The first kappa shape index (κ1) is 16.4. The van der Waals surface area contributed by atoms with Gasteiger partial charge in [0, 0.05) is 0 Å². The predicted octanol–water partition coefficient (Wildman–Crippen LogP) is 3.39. The number of benzene rings is 1. The normalized spacial score (nSPS) is 16.6. The summed E-state index contributed by atoms with van der Waals surface area (Å²) in [4.78, 5) is 8.47. The van der Waals surface area contributed by atoms with Crippen LogP contribution in [0.3, 0.4) is 0 Å². The van der Waals surface area contributed by atoms with Crippen LogP contribution in [0.25, 0.3) is 4.96 Å². The lowest BCUT2D eigenvalue weighted by atomic mass is 10.0. The average molecular weight is 358 g/mol. The topological polar surface area (TPSA) is 62.9 Å². The second-order valence-corrected chi connectivity index (χ2v) is 7.30. The molecule has 6 nitrogen and oxygen atoms in total. The van der Waals surface area contributed by atoms with Crippen LogP contribution >= 0.6 is 11.3 Å². The molecule has 1 aliphatic rings. The third kappa shape index (κ3) is 2.98. The summed E-state index contributed by atoms with van der Waals surface area (Å²) in [5, 5.41) is 15.1. The molecular weight excluding hydrogens is 336 g/mol. The zero-order chi connectivity index (χ0) is 17.4. The van der Waals surface area contributed by atoms with Crippen molar-refractivity contribution < 1.29 is 9.84 Å². The Kier molecular flexibility index (Phi) is 4.35. The molecule has 0 aliphatic carbocycles. The quantitative estimate of drug-likeness (QED) is 0.757. The molecule has 0 bridgehead atoms. The molecule has 0 radical (unpaired) electrons. The number of aromatic nitrogens is 3. The third-order valence-electron chi connectivity index (χ3n) is 4.57. The number of likely N-dealkylation sites (tertiary alicyclic amines) is 1. The Morgan fingerprint density at radius 2 is 1.96 bits per heavy atom. The molecule has 7 heteroatoms. The number of nitrogens with zero attached hydrogens (tertiary/aromatic N) is 4. The van der Waals surface area contributed by atoms with Crippen molar-refractivity contribution in [3.8, 4) is 11.6 Å². The summed E-state index contributed by atoms with van der Waals surface area (Å²) in [6.45, 7) is 6.54. The second kappa shape index (κ2) is 6.65. The van der Waals surface area contributed by atoms with E-state index < -0.39 is 0 Å². The fourth-order valence-corrected chi connectivity index (χ4v) is 4.63. The van der Waals surface area contributed by atoms with Crippen molar-refractivity contribution in [3.05, 3.63) is 40.5 Å². The molecule has 25 heavy (non-hydrogen) atoms. The number of hydrogen-bond acceptors (Lipinski definition) is 6. The second-order valence-electron chi connectivity index (χ2n) is 6.29. The SMILES string of the molecule is CCOc1ccc(C(c2sc3nc(C)nn3c2O)N2CCCC2)cc1. The van der Waals surface area contributed by atoms with Gasteiger partial charge in [0.05, 0.1) is 17.5 Å². The van der Waals surface area contributed by atoms with Crippen LogP contribution in [-0.2, 0) is 0 Å². The molecule has 132 valence electrons. The van der Waals surface area contributed by atoms with Gasteiger partial charge < -0.3 is 9.84 Å². The van der Waals surface area contributed by atoms with E-state index in [1.165, 1.54) is 24.2 Å². The maximum absolute atomic E-state index is 10.8. The predicted molar refractivity (Wildman–Crippen MR) is 97.5 cm³/mol. The van der Waals surface area contributed by atoms with Gasteiger partial charge in [-0.25, -0.2) is 4.98 Å². The number of ether oxygens (including phenoxy) is 1. The first-order chi connectivity index (χ1) is 12.2. The molecule has 2 aromatic heterocycles. The van der Waals surface area contributed by atoms with Gasteiger partial charge in [0.1, 0.15) is 11.6 Å². The minimum Gasteiger partial charge on any atom is -0.494 e. The van der Waals surface area contributed by atoms with E-state index in [4.69, 9.17) is 4.74 Å². The van der Waals surface area contributed by atoms with Crippen LogP contribution in [-0.4, -0.2) is 44.3 Å². The van der Waals surface area contributed by atoms with E-state index >= 15 is 0 Å². The van der Waals surface area contributed by atoms with Crippen molar-refractivity contribution in [2.75, 3.05) is 19.7 Å². The van der Waals surface area contributed by atoms with Crippen molar-refractivity contribution in [2.45, 2.75) is 32.7 Å². The molecule has 1 atom stereocenters. The number of rotatable bonds is 5. The molecule has 1 N–H and O–H groups in total. The third-order valence-corrected chi connectivity index (χ3v) is 5.64. The molecule has 0 spiro atoms. The number of hydrogen-bond donors (Lipinski definition) is 1. The van der Waals surface area contributed by atoms with Crippen molar-refractivity contribution in [1.82, 2.24) is 19.5 Å². The summed E-state index contributed by atoms with van der Waals surface area (Å²) in [7, 11) is 0. The highest BCUT2D eigenvalue weighted by atomic mass is 32.1. The van der Waals surface area contributed by atoms with Gasteiger partial charge in [-0.2, -0.15) is 4.52 Å². The Hall–Kier alpha value is -2.12. The molecule has 4 rings (SSSR count). The van der Waals surface area contributed by atoms with Crippen LogP contribution in [0.15, 0.2) is 24.3 Å². The summed E-state index contributed by atoms with van der Waals surface area (Å²) >= 11 is 1.52. The van der Waals surface area contributed by atoms with E-state index in [2.05, 4.69) is 27.1 Å². The summed E-state index contributed by atoms with van der Waals surface area (Å²) in [6.07, 6.45) is 2.38. The first-order valence-electron chi connectivity index (χ1n) is 8.69. The Morgan fingerprint density at radius 3 is 2.60 bits per heavy atom. The highest BCUT2D eigenvalue weighted by molar-refractivity contribution is 7.17. The monoisotopic (exact) mass is 358 g/mol. The maximum Gasteiger partial charge on any atom is 0.230 e. The Bertz CT molecular complexity index is 865. The summed E-state index contributed by atoms with van der Waals surface area (Å²) in [6, 6.07) is 8.20. The lowest BCUT2D eigenvalue weighted by Gasteiger charge is -2.27. The van der Waals surface area contributed by atoms with Crippen LogP contribution in [0.2, 0.25) is 0 Å². The van der Waals surface area contributed by atoms with Gasteiger partial charge in [0.25, 0.3) is 0 Å². The Morgan fingerprint density at radius 1 is 1.24 bits per heavy atom. The molecule has 3 heterocycles. The Labute approximate surface area is 150 Å². The lowest BCUT2D eigenvalue weighted by Crippen LogP contribution is -2.26. The van der Waals surface area contributed by atoms with Gasteiger partial charge in [-0.15, -0.1) is 5.10 Å². The highest BCUT2D eigenvalue weighted by Crippen LogP contribution is 2.41. The van der Waals surface area contributed by atoms with Gasteiger partial charge in [0.15, 0.2) is 0 Å². The number of aromatic hydroxyl groups is 1. The summed E-state index contributed by atoms with van der Waals surface area (Å²) in [5.41, 5.74) is 1.15. The smallest absolute Gasteiger partial charge is 0.230 e. The highest BCUT2D eigenvalue weighted by Gasteiger charge is 2.30. The molecule has 0 saturated carbocycles. The Balaban J connectivity index is 1.77. The maximum atomic E-state index is 10.8. The molecule has 1 unspecified atom stereocenters. The van der Waals surface area contributed by atoms with E-state index in [0.29, 0.717) is 12.4 Å². The molecule has 1 aromatic carbocycles. The van der Waals surface area contributed by atoms with Crippen molar-refractivity contribution in [2.24, 2.45) is 0 Å². The van der Waals surface area contributed by atoms with Crippen LogP contribution in [0, 0.1) is 6.92 Å². The van der Waals surface area contributed by atoms with Gasteiger partial charge in [-0.05, 0) is 57.5 Å². The number of thiazole rings is 1. The standard InChI is InChI=1S/C18H22N4O2S/c1-3-24-14-8-6-13(7-9-14)15(21-10-4-5-11-21)16-17(23)22-18(25-16)19-12(2)20-22/h6-9,15,23H,3-5,10-11H2,1-2H3. The fraction of sp³-hybridized carbons (Fsp3) is 0.444. The minimum absolute atomic E-state index is 0.0204. The summed E-state index contributed by atoms with van der Waals surface area (Å²) < 4.78 is 7.11. The first-order valence-corrected chi connectivity index (χ1v) is 9.51. The van der Waals surface area contributed by atoms with Crippen LogP contribution in [0.5, 0.6) is 11.6 Å². The molecule has 1 saturated heterocycles. The molecule has 0 amide bonds. The number of fused-ring (bicyclic) bond motifs is 1. The van der Waals surface area contributed by atoms with Crippen LogP contribution in [0.4, 0.5) is 0 Å². The molecule has 1 fully saturated rings. The van der Waals surface area contributed by atoms with Gasteiger partial charge in [-0.1, -0.05) is 23.5 Å². The van der Waals surface area contributed by atoms with E-state index in [-0.39, 0.29) is 11.9 Å². The van der Waals surface area contributed by atoms with Crippen LogP contribution < -0.4 is 4.74 Å². The molecule has 1 aliphatic heterocycles. The van der Waals surface area contributed by atoms with Crippen molar-refractivity contribution in [3.63, 3.8) is 0 Å². The summed E-state index contributed by atoms with van der Waals surface area (Å²) in [5.74, 6) is 1.74. The largest absolute Gasteiger partial charge is 0.494 e. The van der Waals surface area contributed by atoms with E-state index in [9.17, 15) is 5.11 Å². The van der Waals surface area contributed by atoms with Gasteiger partial charge in [-0.3, -0.25) is 4.90 Å². The fourth-order valence-electron chi connectivity index (χ4n) is 3.47. The van der Waals surface area contributed by atoms with Crippen molar-refractivity contribution in [1.29, 1.82) is 0 Å². The number of aryl methyl sites for hydroxylation is 1. The van der Waals surface area contributed by atoms with Crippen molar-refractivity contribution >= 4 is 16.3 Å². The molecular formula is C18H22N4O2S. The minimum atomic E-state index is 0.0204. The van der Waals surface area contributed by atoms with Crippen LogP contribution in [0.1, 0.15) is 42.1 Å². The van der Waals surface area contributed by atoms with Gasteiger partial charge >= 0.3 is 0 Å². The average Bonchev–Trinajstić information content (AvgIpc) is 3.30. The van der Waals surface area contributed by atoms with E-state index in [0.717, 1.165) is 34.2 Å². The van der Waals surface area contributed by atoms with E-state index in [1.54, 1.807) is 4.52 Å². The van der Waals surface area contributed by atoms with E-state index in [1.807, 2.05) is 26.0 Å². The zero-order valence-corrected chi connectivity index (χ0v) is 15.3. The van der Waals surface area contributed by atoms with Gasteiger partial charge in [0.2, 0.25) is 10.8 Å². The lowest BCUT2D eigenvalue weighted by molar-refractivity contribution is 0.276.